The smallest absolute Gasteiger partial charge is 0.241 e. The maximum absolute atomic E-state index is 13.4. The summed E-state index contributed by atoms with van der Waals surface area (Å²) in [6.07, 6.45) is 4.06. The summed E-state index contributed by atoms with van der Waals surface area (Å²) in [5.74, 6) is 1.11. The van der Waals surface area contributed by atoms with Crippen molar-refractivity contribution in [3.8, 4) is 0 Å². The maximum atomic E-state index is 13.4. The number of hydrogen-bond donors (Lipinski definition) is 1. The van der Waals surface area contributed by atoms with Crippen LogP contribution in [-0.2, 0) is 14.8 Å². The van der Waals surface area contributed by atoms with Crippen LogP contribution in [0.2, 0.25) is 0 Å². The lowest BCUT2D eigenvalue weighted by Gasteiger charge is -2.34. The van der Waals surface area contributed by atoms with Crippen molar-refractivity contribution in [1.82, 2.24) is 14.6 Å². The number of sulfonamides is 1. The number of hydrogen-bond acceptors (Lipinski definition) is 6. The molecule has 170 valence electrons. The van der Waals surface area contributed by atoms with Gasteiger partial charge in [0, 0.05) is 13.1 Å². The quantitative estimate of drug-likeness (QED) is 0.537. The first-order chi connectivity index (χ1) is 15.5. The largest absolute Gasteiger partial charge is 0.440 e. The molecule has 1 aliphatic rings. The summed E-state index contributed by atoms with van der Waals surface area (Å²) in [6, 6.07) is 15.0. The van der Waals surface area contributed by atoms with Crippen molar-refractivity contribution >= 4 is 38.8 Å². The molecule has 7 nitrogen and oxygen atoms in total. The van der Waals surface area contributed by atoms with Gasteiger partial charge in [-0.1, -0.05) is 30.3 Å². The minimum Gasteiger partial charge on any atom is -0.440 e. The molecule has 1 amide bonds. The predicted molar refractivity (Wildman–Crippen MR) is 126 cm³/mol. The Kier molecular flexibility index (Phi) is 7.17. The Hall–Kier alpha value is -2.36. The Labute approximate surface area is 192 Å². The monoisotopic (exact) mass is 473 g/mol. The van der Waals surface area contributed by atoms with Crippen LogP contribution in [0.5, 0.6) is 0 Å². The average Bonchev–Trinajstić information content (AvgIpc) is 3.26. The van der Waals surface area contributed by atoms with Crippen molar-refractivity contribution in [3.05, 3.63) is 60.5 Å². The van der Waals surface area contributed by atoms with E-state index in [-0.39, 0.29) is 16.7 Å². The van der Waals surface area contributed by atoms with Gasteiger partial charge in [0.1, 0.15) is 11.6 Å². The molecule has 0 aliphatic carbocycles. The second-order valence-electron chi connectivity index (χ2n) is 7.91. The third kappa shape index (κ3) is 5.16. The van der Waals surface area contributed by atoms with Crippen LogP contribution in [0.15, 0.2) is 63.9 Å². The van der Waals surface area contributed by atoms with Crippen molar-refractivity contribution in [2.75, 3.05) is 25.1 Å². The van der Waals surface area contributed by atoms with Gasteiger partial charge in [-0.25, -0.2) is 13.4 Å². The minimum atomic E-state index is -3.79. The highest BCUT2D eigenvalue weighted by atomic mass is 32.2. The molecule has 3 aromatic rings. The number of thioether (sulfide) groups is 1. The number of nitrogens with zero attached hydrogens (tertiary/aromatic N) is 2. The van der Waals surface area contributed by atoms with E-state index in [1.165, 1.54) is 12.1 Å². The number of para-hydroxylation sites is 2. The van der Waals surface area contributed by atoms with Gasteiger partial charge < -0.3 is 9.32 Å². The number of piperidine rings is 1. The fraction of sp³-hybridized carbons (Fsp3) is 0.391. The molecule has 2 aromatic carbocycles. The molecule has 9 heteroatoms. The fourth-order valence-corrected chi connectivity index (χ4v) is 5.70. The molecule has 0 bridgehead atoms. The summed E-state index contributed by atoms with van der Waals surface area (Å²) >= 11 is 1.59. The Balaban J connectivity index is 1.51. The molecule has 0 spiro atoms. The Bertz CT molecular complexity index is 1130. The minimum absolute atomic E-state index is 0.00738. The Morgan fingerprint density at radius 3 is 2.72 bits per heavy atom. The molecule has 0 radical (unpaired) electrons. The lowest BCUT2D eigenvalue weighted by Crippen LogP contribution is -2.51. The highest BCUT2D eigenvalue weighted by molar-refractivity contribution is 7.98. The second kappa shape index (κ2) is 10.1. The van der Waals surface area contributed by atoms with Crippen LogP contribution in [0.1, 0.15) is 31.1 Å². The Morgan fingerprint density at radius 1 is 1.22 bits per heavy atom. The van der Waals surface area contributed by atoms with Crippen LogP contribution in [0, 0.1) is 0 Å². The van der Waals surface area contributed by atoms with Crippen molar-refractivity contribution < 1.29 is 17.6 Å². The van der Waals surface area contributed by atoms with E-state index in [4.69, 9.17) is 4.42 Å². The van der Waals surface area contributed by atoms with E-state index in [1.54, 1.807) is 34.9 Å². The van der Waals surface area contributed by atoms with E-state index in [9.17, 15) is 13.2 Å². The summed E-state index contributed by atoms with van der Waals surface area (Å²) in [4.78, 5) is 19.9. The second-order valence-corrected chi connectivity index (χ2v) is 10.6. The van der Waals surface area contributed by atoms with Crippen molar-refractivity contribution in [1.29, 1.82) is 0 Å². The van der Waals surface area contributed by atoms with Gasteiger partial charge in [-0.2, -0.15) is 16.5 Å². The van der Waals surface area contributed by atoms with Crippen LogP contribution in [0.3, 0.4) is 0 Å². The highest BCUT2D eigenvalue weighted by Gasteiger charge is 2.33. The molecule has 4 rings (SSSR count). The number of carbonyl (C=O) groups is 1. The number of benzene rings is 2. The zero-order valence-corrected chi connectivity index (χ0v) is 19.6. The standard InChI is InChI=1S/C23H27N3O4S2/c1-31-15-13-20(25-32(28,29)18-9-3-2-4-10-18)23(27)26-14-7-8-17(16-26)22-24-19-11-5-6-12-21(19)30-22/h2-6,9-12,17,20,25H,7-8,13-16H2,1H3. The molecule has 2 unspecified atom stereocenters. The van der Waals surface area contributed by atoms with E-state index in [1.807, 2.05) is 30.5 Å². The van der Waals surface area contributed by atoms with E-state index < -0.39 is 16.1 Å². The van der Waals surface area contributed by atoms with Crippen LogP contribution in [0.25, 0.3) is 11.1 Å². The van der Waals surface area contributed by atoms with E-state index in [0.29, 0.717) is 31.2 Å². The van der Waals surface area contributed by atoms with E-state index in [2.05, 4.69) is 9.71 Å². The molecule has 1 fully saturated rings. The van der Waals surface area contributed by atoms with Gasteiger partial charge in [-0.05, 0) is 55.5 Å². The SMILES string of the molecule is CSCCC(NS(=O)(=O)c1ccccc1)C(=O)N1CCCC(c2nc3ccccc3o2)C1. The first-order valence-electron chi connectivity index (χ1n) is 10.7. The zero-order valence-electron chi connectivity index (χ0n) is 17.9. The topological polar surface area (TPSA) is 92.5 Å². The van der Waals surface area contributed by atoms with Crippen LogP contribution < -0.4 is 4.72 Å². The summed E-state index contributed by atoms with van der Waals surface area (Å²) in [6.45, 7) is 1.06. The fourth-order valence-electron chi connectivity index (χ4n) is 3.99. The number of likely N-dealkylation sites (tertiary alicyclic amines) is 1. The number of nitrogens with one attached hydrogen (secondary N) is 1. The molecule has 1 aliphatic heterocycles. The van der Waals surface area contributed by atoms with Crippen molar-refractivity contribution in [2.45, 2.75) is 36.1 Å². The number of amides is 1. The molecule has 2 heterocycles. The van der Waals surface area contributed by atoms with Gasteiger partial charge in [0.05, 0.1) is 10.8 Å². The van der Waals surface area contributed by atoms with Gasteiger partial charge in [0.25, 0.3) is 0 Å². The third-order valence-corrected chi connectivity index (χ3v) is 7.78. The van der Waals surface area contributed by atoms with Crippen LogP contribution >= 0.6 is 11.8 Å². The molecular formula is C23H27N3O4S2. The molecular weight excluding hydrogens is 446 g/mol. The summed E-state index contributed by atoms with van der Waals surface area (Å²) in [5, 5.41) is 0. The predicted octanol–water partition coefficient (Wildman–Crippen LogP) is 3.63. The third-order valence-electron chi connectivity index (χ3n) is 5.65. The molecule has 0 saturated carbocycles. The number of aromatic nitrogens is 1. The van der Waals surface area contributed by atoms with Crippen molar-refractivity contribution in [2.24, 2.45) is 0 Å². The van der Waals surface area contributed by atoms with Gasteiger partial charge in [0.15, 0.2) is 11.5 Å². The number of oxazole rings is 1. The summed E-state index contributed by atoms with van der Waals surface area (Å²) < 4.78 is 34.3. The van der Waals surface area contributed by atoms with Gasteiger partial charge >= 0.3 is 0 Å². The molecule has 2 atom stereocenters. The van der Waals surface area contributed by atoms with Gasteiger partial charge in [0.2, 0.25) is 15.9 Å². The normalized spacial score (nSPS) is 18.0. The number of fused-ring (bicyclic) bond motifs is 1. The molecule has 32 heavy (non-hydrogen) atoms. The van der Waals surface area contributed by atoms with Crippen molar-refractivity contribution in [3.63, 3.8) is 0 Å². The van der Waals surface area contributed by atoms with Gasteiger partial charge in [-0.15, -0.1) is 0 Å². The van der Waals surface area contributed by atoms with Crippen LogP contribution in [-0.4, -0.2) is 55.3 Å². The molecule has 1 saturated heterocycles. The first-order valence-corrected chi connectivity index (χ1v) is 13.6. The van der Waals surface area contributed by atoms with E-state index >= 15 is 0 Å². The maximum Gasteiger partial charge on any atom is 0.241 e. The summed E-state index contributed by atoms with van der Waals surface area (Å²) in [7, 11) is -3.79. The summed E-state index contributed by atoms with van der Waals surface area (Å²) in [5.41, 5.74) is 1.54. The highest BCUT2D eigenvalue weighted by Crippen LogP contribution is 2.29. The van der Waals surface area contributed by atoms with Gasteiger partial charge in [-0.3, -0.25) is 4.79 Å². The Morgan fingerprint density at radius 2 is 1.97 bits per heavy atom. The van der Waals surface area contributed by atoms with E-state index in [0.717, 1.165) is 23.9 Å². The van der Waals surface area contributed by atoms with Crippen LogP contribution in [0.4, 0.5) is 0 Å². The first kappa shape index (κ1) is 22.8. The average molecular weight is 474 g/mol. The lowest BCUT2D eigenvalue weighted by molar-refractivity contribution is -0.134. The zero-order chi connectivity index (χ0) is 22.6. The number of rotatable bonds is 8. The lowest BCUT2D eigenvalue weighted by atomic mass is 9.97. The molecule has 1 aromatic heterocycles. The number of carbonyl (C=O) groups excluding carboxylic acids is 1. The molecule has 1 N–H and O–H groups in total.